The van der Waals surface area contributed by atoms with Crippen molar-refractivity contribution in [3.63, 3.8) is 0 Å². The summed E-state index contributed by atoms with van der Waals surface area (Å²) in [5, 5.41) is 9.37. The van der Waals surface area contributed by atoms with Crippen LogP contribution in [0.5, 0.6) is 0 Å². The van der Waals surface area contributed by atoms with Gasteiger partial charge in [0.2, 0.25) is 5.91 Å². The van der Waals surface area contributed by atoms with Gasteiger partial charge in [-0.25, -0.2) is 9.18 Å². The molecule has 1 fully saturated rings. The molecule has 5 nitrogen and oxygen atoms in total. The van der Waals surface area contributed by atoms with Crippen molar-refractivity contribution < 1.29 is 23.8 Å². The lowest BCUT2D eigenvalue weighted by molar-refractivity contribution is -0.171. The normalized spacial score (nSPS) is 23.5. The number of carbonyl (C=O) groups is 2. The van der Waals surface area contributed by atoms with Crippen molar-refractivity contribution in [3.8, 4) is 0 Å². The Labute approximate surface area is 113 Å². The molecule has 7 heteroatoms. The van der Waals surface area contributed by atoms with E-state index in [9.17, 15) is 14.0 Å². The molecule has 2 unspecified atom stereocenters. The molecule has 1 heterocycles. The van der Waals surface area contributed by atoms with Crippen LogP contribution >= 0.6 is 11.6 Å². The number of hydrogen-bond donors (Lipinski definition) is 1. The van der Waals surface area contributed by atoms with E-state index in [4.69, 9.17) is 21.4 Å². The fourth-order valence-electron chi connectivity index (χ4n) is 2.03. The Balaban J connectivity index is 2.49. The molecule has 2 rings (SSSR count). The molecule has 1 saturated heterocycles. The maximum Gasteiger partial charge on any atom is 0.335 e. The summed E-state index contributed by atoms with van der Waals surface area (Å²) in [5.41, 5.74) is 0.0236. The van der Waals surface area contributed by atoms with Gasteiger partial charge < -0.3 is 14.7 Å². The third-order valence-corrected chi connectivity index (χ3v) is 3.24. The Morgan fingerprint density at radius 1 is 1.58 bits per heavy atom. The van der Waals surface area contributed by atoms with Gasteiger partial charge in [-0.3, -0.25) is 4.79 Å². The maximum atomic E-state index is 13.8. The molecule has 0 aromatic heterocycles. The predicted octanol–water partition coefficient (Wildman–Crippen LogP) is 1.46. The minimum Gasteiger partial charge on any atom is -0.479 e. The van der Waals surface area contributed by atoms with Crippen molar-refractivity contribution in [1.82, 2.24) is 4.90 Å². The van der Waals surface area contributed by atoms with Crippen molar-refractivity contribution in [2.24, 2.45) is 0 Å². The lowest BCUT2D eigenvalue weighted by atomic mass is 9.98. The molecular weight excluding hydrogens is 277 g/mol. The number of nitrogens with zero attached hydrogens (tertiary/aromatic N) is 1. The zero-order chi connectivity index (χ0) is 14.2. The van der Waals surface area contributed by atoms with Crippen LogP contribution in [0.15, 0.2) is 18.2 Å². The van der Waals surface area contributed by atoms with Crippen LogP contribution in [0, 0.1) is 5.82 Å². The first-order valence-electron chi connectivity index (χ1n) is 5.47. The van der Waals surface area contributed by atoms with Crippen molar-refractivity contribution >= 4 is 23.5 Å². The fourth-order valence-corrected chi connectivity index (χ4v) is 2.21. The number of halogens is 2. The van der Waals surface area contributed by atoms with Gasteiger partial charge >= 0.3 is 5.97 Å². The third kappa shape index (κ3) is 2.54. The lowest BCUT2D eigenvalue weighted by Crippen LogP contribution is -2.50. The van der Waals surface area contributed by atoms with E-state index in [0.29, 0.717) is 0 Å². The zero-order valence-electron chi connectivity index (χ0n) is 9.97. The second-order valence-electron chi connectivity index (χ2n) is 4.19. The highest BCUT2D eigenvalue weighted by atomic mass is 35.5. The molecule has 1 aromatic carbocycles. The minimum atomic E-state index is -1.32. The van der Waals surface area contributed by atoms with Crippen LogP contribution in [0.2, 0.25) is 5.02 Å². The van der Waals surface area contributed by atoms with Gasteiger partial charge in [0.25, 0.3) is 0 Å². The van der Waals surface area contributed by atoms with Crippen LogP contribution < -0.4 is 0 Å². The number of rotatable bonds is 2. The summed E-state index contributed by atoms with van der Waals surface area (Å²) in [7, 11) is 1.41. The lowest BCUT2D eigenvalue weighted by Gasteiger charge is -2.37. The standard InChI is InChI=1S/C12H11ClFNO4/c1-15-9(16)5-19-11(12(17)18)10(15)7-4-6(13)2-3-8(7)14/h2-4,10-11H,5H2,1H3,(H,17,18). The number of ether oxygens (including phenoxy) is 1. The summed E-state index contributed by atoms with van der Waals surface area (Å²) in [5.74, 6) is -2.31. The molecular formula is C12H11ClFNO4. The molecule has 1 amide bonds. The van der Waals surface area contributed by atoms with Crippen LogP contribution in [-0.4, -0.2) is 41.6 Å². The van der Waals surface area contributed by atoms with Crippen LogP contribution in [0.25, 0.3) is 0 Å². The molecule has 0 bridgehead atoms. The minimum absolute atomic E-state index is 0.0236. The summed E-state index contributed by atoms with van der Waals surface area (Å²) >= 11 is 5.79. The molecule has 1 N–H and O–H groups in total. The molecule has 102 valence electrons. The smallest absolute Gasteiger partial charge is 0.335 e. The van der Waals surface area contributed by atoms with E-state index in [-0.39, 0.29) is 17.2 Å². The number of likely N-dealkylation sites (N-methyl/N-ethyl adjacent to an activating group) is 1. The summed E-state index contributed by atoms with van der Waals surface area (Å²) in [6.45, 7) is -0.341. The van der Waals surface area contributed by atoms with Crippen molar-refractivity contribution in [1.29, 1.82) is 0 Å². The van der Waals surface area contributed by atoms with Gasteiger partial charge in [0.15, 0.2) is 6.10 Å². The number of carboxylic acid groups (broad SMARTS) is 1. The Morgan fingerprint density at radius 3 is 2.89 bits per heavy atom. The Morgan fingerprint density at radius 2 is 2.26 bits per heavy atom. The van der Waals surface area contributed by atoms with Gasteiger partial charge in [-0.2, -0.15) is 0 Å². The van der Waals surface area contributed by atoms with E-state index in [1.165, 1.54) is 19.2 Å². The summed E-state index contributed by atoms with van der Waals surface area (Å²) in [6.07, 6.45) is -1.32. The largest absolute Gasteiger partial charge is 0.479 e. The van der Waals surface area contributed by atoms with E-state index in [1.807, 2.05) is 0 Å². The van der Waals surface area contributed by atoms with E-state index in [0.717, 1.165) is 11.0 Å². The average Bonchev–Trinajstić information content (AvgIpc) is 2.35. The van der Waals surface area contributed by atoms with Crippen molar-refractivity contribution in [3.05, 3.63) is 34.6 Å². The second kappa shape index (κ2) is 5.14. The summed E-state index contributed by atoms with van der Waals surface area (Å²) in [6, 6.07) is 2.73. The van der Waals surface area contributed by atoms with E-state index >= 15 is 0 Å². The first-order chi connectivity index (χ1) is 8.91. The molecule has 0 radical (unpaired) electrons. The number of carbonyl (C=O) groups excluding carboxylic acids is 1. The highest BCUT2D eigenvalue weighted by molar-refractivity contribution is 6.30. The first kappa shape index (κ1) is 13.8. The quantitative estimate of drug-likeness (QED) is 0.894. The highest BCUT2D eigenvalue weighted by Crippen LogP contribution is 2.32. The van der Waals surface area contributed by atoms with Crippen LogP contribution in [0.3, 0.4) is 0 Å². The topological polar surface area (TPSA) is 66.8 Å². The Kier molecular flexibility index (Phi) is 3.73. The maximum absolute atomic E-state index is 13.8. The number of hydrogen-bond acceptors (Lipinski definition) is 3. The number of amides is 1. The van der Waals surface area contributed by atoms with Crippen LogP contribution in [0.4, 0.5) is 4.39 Å². The van der Waals surface area contributed by atoms with E-state index in [2.05, 4.69) is 0 Å². The number of morpholine rings is 1. The number of aliphatic carboxylic acids is 1. The number of carboxylic acids is 1. The molecule has 0 saturated carbocycles. The zero-order valence-corrected chi connectivity index (χ0v) is 10.7. The van der Waals surface area contributed by atoms with Crippen LogP contribution in [0.1, 0.15) is 11.6 Å². The van der Waals surface area contributed by atoms with Gasteiger partial charge in [0.05, 0.1) is 6.04 Å². The van der Waals surface area contributed by atoms with Gasteiger partial charge in [-0.05, 0) is 18.2 Å². The monoisotopic (exact) mass is 287 g/mol. The fraction of sp³-hybridized carbons (Fsp3) is 0.333. The molecule has 19 heavy (non-hydrogen) atoms. The van der Waals surface area contributed by atoms with E-state index in [1.54, 1.807) is 0 Å². The van der Waals surface area contributed by atoms with Gasteiger partial charge in [-0.15, -0.1) is 0 Å². The van der Waals surface area contributed by atoms with Gasteiger partial charge in [-0.1, -0.05) is 11.6 Å². The van der Waals surface area contributed by atoms with E-state index < -0.39 is 29.8 Å². The second-order valence-corrected chi connectivity index (χ2v) is 4.62. The molecule has 1 aliphatic heterocycles. The average molecular weight is 288 g/mol. The van der Waals surface area contributed by atoms with Crippen molar-refractivity contribution in [2.45, 2.75) is 12.1 Å². The molecule has 1 aliphatic rings. The van der Waals surface area contributed by atoms with Crippen LogP contribution in [-0.2, 0) is 14.3 Å². The summed E-state index contributed by atoms with van der Waals surface area (Å²) in [4.78, 5) is 23.9. The molecule has 2 atom stereocenters. The SMILES string of the molecule is CN1C(=O)COC(C(=O)O)C1c1cc(Cl)ccc1F. The predicted molar refractivity (Wildman–Crippen MR) is 64.3 cm³/mol. The first-order valence-corrected chi connectivity index (χ1v) is 5.84. The third-order valence-electron chi connectivity index (χ3n) is 3.00. The molecule has 0 spiro atoms. The Bertz CT molecular complexity index is 536. The highest BCUT2D eigenvalue weighted by Gasteiger charge is 2.41. The van der Waals surface area contributed by atoms with Crippen molar-refractivity contribution in [2.75, 3.05) is 13.7 Å². The van der Waals surface area contributed by atoms with Gasteiger partial charge in [0.1, 0.15) is 12.4 Å². The summed E-state index contributed by atoms with van der Waals surface area (Å²) < 4.78 is 18.8. The molecule has 0 aliphatic carbocycles. The number of benzene rings is 1. The van der Waals surface area contributed by atoms with Gasteiger partial charge in [0, 0.05) is 17.6 Å². The Hall–Kier alpha value is -1.66. The molecule has 1 aromatic rings.